The average Bonchev–Trinajstić information content (AvgIpc) is 2.86. The molecule has 3 heterocycles. The first kappa shape index (κ1) is 14.5. The number of aromatic nitrogens is 1. The van der Waals surface area contributed by atoms with Crippen LogP contribution in [0.4, 0.5) is 10.1 Å². The molecule has 1 fully saturated rings. The molecule has 23 heavy (non-hydrogen) atoms. The largest absolute Gasteiger partial charge is 0.368 e. The molecule has 2 aromatic rings. The fraction of sp³-hybridized carbons (Fsp3) is 0.400. The highest BCUT2D eigenvalue weighted by atomic mass is 32.2. The molecule has 0 spiro atoms. The summed E-state index contributed by atoms with van der Waals surface area (Å²) < 4.78 is 39.2. The summed E-state index contributed by atoms with van der Waals surface area (Å²) in [6.45, 7) is 1.83. The molecular weight excluding hydrogens is 321 g/mol. The number of fused-ring (bicyclic) bond motifs is 3. The van der Waals surface area contributed by atoms with Crippen LogP contribution in [-0.4, -0.2) is 50.0 Å². The van der Waals surface area contributed by atoms with Gasteiger partial charge in [-0.15, -0.1) is 0 Å². The SMILES string of the molecule is O=C1NCCn2c1cc1cc(F)cc(N3CCS(=O)(=O)CC3)c12. The summed E-state index contributed by atoms with van der Waals surface area (Å²) in [6, 6.07) is 4.54. The van der Waals surface area contributed by atoms with E-state index in [0.29, 0.717) is 42.9 Å². The van der Waals surface area contributed by atoms with Crippen molar-refractivity contribution in [2.24, 2.45) is 0 Å². The standard InChI is InChI=1S/C15H16FN3O3S/c16-11-7-10-8-13-15(20)17-1-2-19(13)14(10)12(9-11)18-3-5-23(21,22)6-4-18/h7-9H,1-6H2,(H,17,20). The third-order valence-corrected chi connectivity index (χ3v) is 6.08. The van der Waals surface area contributed by atoms with E-state index < -0.39 is 9.84 Å². The van der Waals surface area contributed by atoms with Gasteiger partial charge in [0.05, 0.1) is 22.7 Å². The number of hydrogen-bond donors (Lipinski definition) is 1. The first-order valence-corrected chi connectivity index (χ1v) is 9.33. The van der Waals surface area contributed by atoms with E-state index in [1.165, 1.54) is 12.1 Å². The maximum Gasteiger partial charge on any atom is 0.268 e. The zero-order chi connectivity index (χ0) is 16.2. The summed E-state index contributed by atoms with van der Waals surface area (Å²) in [7, 11) is -3.01. The van der Waals surface area contributed by atoms with Gasteiger partial charge in [0.25, 0.3) is 5.91 Å². The third kappa shape index (κ3) is 2.37. The predicted molar refractivity (Wildman–Crippen MR) is 85.1 cm³/mol. The molecule has 0 bridgehead atoms. The van der Waals surface area contributed by atoms with E-state index in [2.05, 4.69) is 5.32 Å². The van der Waals surface area contributed by atoms with Gasteiger partial charge in [0.1, 0.15) is 11.5 Å². The number of halogens is 1. The Kier molecular flexibility index (Phi) is 3.12. The van der Waals surface area contributed by atoms with Gasteiger partial charge in [-0.3, -0.25) is 4.79 Å². The maximum atomic E-state index is 14.0. The van der Waals surface area contributed by atoms with Gasteiger partial charge in [0.2, 0.25) is 0 Å². The lowest BCUT2D eigenvalue weighted by Gasteiger charge is -2.30. The molecule has 1 N–H and O–H groups in total. The number of carbonyl (C=O) groups is 1. The third-order valence-electron chi connectivity index (χ3n) is 4.48. The van der Waals surface area contributed by atoms with Crippen molar-refractivity contribution in [2.45, 2.75) is 6.54 Å². The monoisotopic (exact) mass is 337 g/mol. The lowest BCUT2D eigenvalue weighted by molar-refractivity contribution is 0.0929. The summed E-state index contributed by atoms with van der Waals surface area (Å²) >= 11 is 0. The molecule has 1 aromatic heterocycles. The van der Waals surface area contributed by atoms with Crippen molar-refractivity contribution in [3.05, 3.63) is 29.7 Å². The summed E-state index contributed by atoms with van der Waals surface area (Å²) in [5.74, 6) is -0.415. The first-order chi connectivity index (χ1) is 10.9. The molecule has 2 aliphatic heterocycles. The fourth-order valence-electron chi connectivity index (χ4n) is 3.34. The average molecular weight is 337 g/mol. The van der Waals surface area contributed by atoms with E-state index in [1.54, 1.807) is 6.07 Å². The first-order valence-electron chi connectivity index (χ1n) is 7.51. The molecule has 0 radical (unpaired) electrons. The van der Waals surface area contributed by atoms with Crippen LogP contribution in [0.2, 0.25) is 0 Å². The van der Waals surface area contributed by atoms with Crippen molar-refractivity contribution in [3.63, 3.8) is 0 Å². The van der Waals surface area contributed by atoms with Crippen LogP contribution in [0.1, 0.15) is 10.5 Å². The number of nitrogens with zero attached hydrogens (tertiary/aromatic N) is 2. The Hall–Kier alpha value is -2.09. The van der Waals surface area contributed by atoms with Crippen molar-refractivity contribution >= 4 is 32.3 Å². The van der Waals surface area contributed by atoms with Gasteiger partial charge in [0, 0.05) is 31.6 Å². The maximum absolute atomic E-state index is 14.0. The molecule has 8 heteroatoms. The molecule has 122 valence electrons. The van der Waals surface area contributed by atoms with Crippen molar-refractivity contribution in [2.75, 3.05) is 36.0 Å². The summed E-state index contributed by atoms with van der Waals surface area (Å²) in [6.07, 6.45) is 0. The van der Waals surface area contributed by atoms with E-state index in [1.807, 2.05) is 9.47 Å². The second-order valence-electron chi connectivity index (χ2n) is 5.94. The highest BCUT2D eigenvalue weighted by molar-refractivity contribution is 7.91. The Morgan fingerprint density at radius 2 is 1.83 bits per heavy atom. The number of benzene rings is 1. The molecule has 0 saturated carbocycles. The van der Waals surface area contributed by atoms with Crippen LogP contribution in [0.25, 0.3) is 10.9 Å². The zero-order valence-electron chi connectivity index (χ0n) is 12.4. The molecule has 0 aliphatic carbocycles. The van der Waals surface area contributed by atoms with E-state index in [9.17, 15) is 17.6 Å². The van der Waals surface area contributed by atoms with E-state index >= 15 is 0 Å². The van der Waals surface area contributed by atoms with Crippen LogP contribution in [0.15, 0.2) is 18.2 Å². The van der Waals surface area contributed by atoms with Crippen molar-refractivity contribution < 1.29 is 17.6 Å². The van der Waals surface area contributed by atoms with Crippen molar-refractivity contribution in [1.29, 1.82) is 0 Å². The van der Waals surface area contributed by atoms with E-state index in [-0.39, 0.29) is 23.2 Å². The zero-order valence-corrected chi connectivity index (χ0v) is 13.2. The molecule has 2 aliphatic rings. The fourth-order valence-corrected chi connectivity index (χ4v) is 4.54. The van der Waals surface area contributed by atoms with E-state index in [0.717, 1.165) is 5.52 Å². The van der Waals surface area contributed by atoms with Gasteiger partial charge >= 0.3 is 0 Å². The van der Waals surface area contributed by atoms with Crippen LogP contribution in [0, 0.1) is 5.82 Å². The number of sulfone groups is 1. The number of rotatable bonds is 1. The lowest BCUT2D eigenvalue weighted by atomic mass is 10.2. The molecule has 0 atom stereocenters. The smallest absolute Gasteiger partial charge is 0.268 e. The van der Waals surface area contributed by atoms with E-state index in [4.69, 9.17) is 0 Å². The van der Waals surface area contributed by atoms with Gasteiger partial charge in [-0.05, 0) is 18.2 Å². The predicted octanol–water partition coefficient (Wildman–Crippen LogP) is 0.759. The summed E-state index contributed by atoms with van der Waals surface area (Å²) in [5, 5.41) is 3.44. The second-order valence-corrected chi connectivity index (χ2v) is 8.24. The van der Waals surface area contributed by atoms with Crippen LogP contribution >= 0.6 is 0 Å². The minimum atomic E-state index is -3.01. The Labute approximate surface area is 132 Å². The number of amides is 1. The number of anilines is 1. The van der Waals surface area contributed by atoms with Crippen LogP contribution in [0.5, 0.6) is 0 Å². The normalized spacial score (nSPS) is 20.4. The summed E-state index contributed by atoms with van der Waals surface area (Å²) in [5.41, 5.74) is 1.98. The molecule has 0 unspecified atom stereocenters. The van der Waals surface area contributed by atoms with Crippen LogP contribution in [0.3, 0.4) is 0 Å². The second kappa shape index (κ2) is 4.95. The Morgan fingerprint density at radius 1 is 1.09 bits per heavy atom. The molecule has 1 aromatic carbocycles. The highest BCUT2D eigenvalue weighted by Crippen LogP contribution is 2.33. The number of hydrogen-bond acceptors (Lipinski definition) is 4. The Morgan fingerprint density at radius 3 is 2.57 bits per heavy atom. The van der Waals surface area contributed by atoms with Crippen LogP contribution < -0.4 is 10.2 Å². The van der Waals surface area contributed by atoms with Gasteiger partial charge in [-0.25, -0.2) is 12.8 Å². The summed E-state index contributed by atoms with van der Waals surface area (Å²) in [4.78, 5) is 13.9. The molecule has 1 saturated heterocycles. The minimum absolute atomic E-state index is 0.0685. The molecule has 1 amide bonds. The minimum Gasteiger partial charge on any atom is -0.368 e. The van der Waals surface area contributed by atoms with Crippen LogP contribution in [-0.2, 0) is 16.4 Å². The number of carbonyl (C=O) groups excluding carboxylic acids is 1. The molecular formula is C15H16FN3O3S. The molecule has 4 rings (SSSR count). The lowest BCUT2D eigenvalue weighted by Crippen LogP contribution is -2.41. The van der Waals surface area contributed by atoms with Crippen molar-refractivity contribution in [1.82, 2.24) is 9.88 Å². The van der Waals surface area contributed by atoms with Gasteiger partial charge < -0.3 is 14.8 Å². The molecule has 6 nitrogen and oxygen atoms in total. The highest BCUT2D eigenvalue weighted by Gasteiger charge is 2.27. The van der Waals surface area contributed by atoms with Gasteiger partial charge in [-0.1, -0.05) is 0 Å². The van der Waals surface area contributed by atoms with Gasteiger partial charge in [0.15, 0.2) is 9.84 Å². The topological polar surface area (TPSA) is 71.4 Å². The quantitative estimate of drug-likeness (QED) is 0.834. The number of nitrogens with one attached hydrogen (secondary N) is 1. The Balaban J connectivity index is 1.87. The van der Waals surface area contributed by atoms with Gasteiger partial charge in [-0.2, -0.15) is 0 Å². The van der Waals surface area contributed by atoms with Crippen molar-refractivity contribution in [3.8, 4) is 0 Å². The Bertz CT molecular complexity index is 906.